The smallest absolute Gasteiger partial charge is 0.0368 e. The number of hydrogen-bond donors (Lipinski definition) is 2. The fourth-order valence-electron chi connectivity index (χ4n) is 2.31. The minimum atomic E-state index is -0.0237. The summed E-state index contributed by atoms with van der Waals surface area (Å²) < 4.78 is 0. The Morgan fingerprint density at radius 3 is 2.70 bits per heavy atom. The Morgan fingerprint density at radius 2 is 2.05 bits per heavy atom. The molecule has 112 valence electrons. The molecule has 1 fully saturated rings. The van der Waals surface area contributed by atoms with Gasteiger partial charge in [-0.3, -0.25) is 0 Å². The van der Waals surface area contributed by atoms with E-state index in [0.29, 0.717) is 6.04 Å². The van der Waals surface area contributed by atoms with E-state index in [1.165, 1.54) is 19.3 Å². The first-order chi connectivity index (χ1) is 9.70. The molecule has 0 saturated carbocycles. The van der Waals surface area contributed by atoms with E-state index in [4.69, 9.17) is 0 Å². The minimum absolute atomic E-state index is 0.0237. The van der Waals surface area contributed by atoms with Gasteiger partial charge in [-0.15, -0.1) is 6.58 Å². The van der Waals surface area contributed by atoms with Crippen molar-refractivity contribution in [2.45, 2.75) is 51.1 Å². The molecule has 0 aromatic rings. The highest BCUT2D eigenvalue weighted by atomic mass is 15.0. The Hall–Kier alpha value is -1.12. The van der Waals surface area contributed by atoms with E-state index in [2.05, 4.69) is 42.4 Å². The Bertz CT molecular complexity index is 348. The van der Waals surface area contributed by atoms with Gasteiger partial charge in [-0.05, 0) is 39.7 Å². The van der Waals surface area contributed by atoms with Crippen molar-refractivity contribution in [3.8, 4) is 0 Å². The first-order valence-corrected chi connectivity index (χ1v) is 7.77. The molecule has 2 nitrogen and oxygen atoms in total. The third kappa shape index (κ3) is 6.88. The number of rotatable bonds is 8. The van der Waals surface area contributed by atoms with Crippen LogP contribution in [0.2, 0.25) is 0 Å². The number of nitrogens with one attached hydrogen (secondary N) is 2. The third-order valence-corrected chi connectivity index (χ3v) is 3.82. The lowest BCUT2D eigenvalue weighted by atomic mass is 9.96. The van der Waals surface area contributed by atoms with Gasteiger partial charge in [0, 0.05) is 18.1 Å². The number of allylic oxidation sites excluding steroid dienone is 5. The molecule has 20 heavy (non-hydrogen) atoms. The van der Waals surface area contributed by atoms with Crippen molar-refractivity contribution in [1.82, 2.24) is 10.6 Å². The van der Waals surface area contributed by atoms with Crippen LogP contribution in [-0.4, -0.2) is 24.7 Å². The summed E-state index contributed by atoms with van der Waals surface area (Å²) in [4.78, 5) is 0. The molecule has 1 saturated heterocycles. The molecule has 1 aliphatic rings. The lowest BCUT2D eigenvalue weighted by Gasteiger charge is -2.31. The van der Waals surface area contributed by atoms with Crippen molar-refractivity contribution >= 4 is 0 Å². The van der Waals surface area contributed by atoms with Crippen LogP contribution in [0, 0.1) is 0 Å². The Balaban J connectivity index is 2.35. The van der Waals surface area contributed by atoms with Crippen molar-refractivity contribution in [2.24, 2.45) is 0 Å². The SMILES string of the molecule is C=CC(C)(C/C=C/C=C/C=C/C)NC[C@@H]1CCCCN1. The van der Waals surface area contributed by atoms with Gasteiger partial charge in [-0.1, -0.05) is 49.0 Å². The van der Waals surface area contributed by atoms with E-state index < -0.39 is 0 Å². The predicted octanol–water partition coefficient (Wildman–Crippen LogP) is 3.74. The van der Waals surface area contributed by atoms with Gasteiger partial charge in [0.1, 0.15) is 0 Å². The first kappa shape index (κ1) is 16.9. The van der Waals surface area contributed by atoms with Crippen LogP contribution < -0.4 is 10.6 Å². The fraction of sp³-hybridized carbons (Fsp3) is 0.556. The number of hydrogen-bond acceptors (Lipinski definition) is 2. The summed E-state index contributed by atoms with van der Waals surface area (Å²) in [5.41, 5.74) is -0.0237. The van der Waals surface area contributed by atoms with E-state index in [0.717, 1.165) is 19.5 Å². The van der Waals surface area contributed by atoms with Gasteiger partial charge in [-0.2, -0.15) is 0 Å². The normalized spacial score (nSPS) is 23.6. The van der Waals surface area contributed by atoms with Crippen molar-refractivity contribution in [3.05, 3.63) is 49.1 Å². The van der Waals surface area contributed by atoms with Gasteiger partial charge in [-0.25, -0.2) is 0 Å². The van der Waals surface area contributed by atoms with Crippen LogP contribution in [0.3, 0.4) is 0 Å². The van der Waals surface area contributed by atoms with Gasteiger partial charge in [0.05, 0.1) is 0 Å². The van der Waals surface area contributed by atoms with Crippen LogP contribution in [0.5, 0.6) is 0 Å². The lowest BCUT2D eigenvalue weighted by molar-refractivity contribution is 0.343. The molecule has 0 spiro atoms. The average Bonchev–Trinajstić information content (AvgIpc) is 2.50. The van der Waals surface area contributed by atoms with E-state index in [-0.39, 0.29) is 5.54 Å². The van der Waals surface area contributed by atoms with Gasteiger partial charge in [0.15, 0.2) is 0 Å². The highest BCUT2D eigenvalue weighted by Crippen LogP contribution is 2.13. The Morgan fingerprint density at radius 1 is 1.25 bits per heavy atom. The van der Waals surface area contributed by atoms with Crippen LogP contribution in [0.4, 0.5) is 0 Å². The van der Waals surface area contributed by atoms with E-state index in [9.17, 15) is 0 Å². The van der Waals surface area contributed by atoms with Crippen LogP contribution in [0.15, 0.2) is 49.1 Å². The molecule has 2 N–H and O–H groups in total. The van der Waals surface area contributed by atoms with Crippen molar-refractivity contribution in [2.75, 3.05) is 13.1 Å². The monoisotopic (exact) mass is 274 g/mol. The second kappa shape index (κ2) is 9.73. The molecule has 1 heterocycles. The van der Waals surface area contributed by atoms with Crippen molar-refractivity contribution < 1.29 is 0 Å². The molecule has 1 rings (SSSR count). The molecule has 0 radical (unpaired) electrons. The highest BCUT2D eigenvalue weighted by Gasteiger charge is 2.20. The second-order valence-corrected chi connectivity index (χ2v) is 5.69. The number of piperidine rings is 1. The van der Waals surface area contributed by atoms with E-state index in [1.54, 1.807) is 0 Å². The highest BCUT2D eigenvalue weighted by molar-refractivity contribution is 5.13. The van der Waals surface area contributed by atoms with Crippen LogP contribution in [0.1, 0.15) is 39.5 Å². The van der Waals surface area contributed by atoms with Gasteiger partial charge >= 0.3 is 0 Å². The summed E-state index contributed by atoms with van der Waals surface area (Å²) in [7, 11) is 0. The zero-order chi connectivity index (χ0) is 14.7. The van der Waals surface area contributed by atoms with Crippen molar-refractivity contribution in [3.63, 3.8) is 0 Å². The third-order valence-electron chi connectivity index (χ3n) is 3.82. The summed E-state index contributed by atoms with van der Waals surface area (Å²) in [5.74, 6) is 0. The Labute approximate surface area is 124 Å². The molecule has 1 aliphatic heterocycles. The average molecular weight is 274 g/mol. The lowest BCUT2D eigenvalue weighted by Crippen LogP contribution is -2.49. The van der Waals surface area contributed by atoms with Crippen LogP contribution in [-0.2, 0) is 0 Å². The van der Waals surface area contributed by atoms with Gasteiger partial charge < -0.3 is 10.6 Å². The molecule has 0 bridgehead atoms. The molecule has 0 aromatic heterocycles. The minimum Gasteiger partial charge on any atom is -0.313 e. The summed E-state index contributed by atoms with van der Waals surface area (Å²) in [5, 5.41) is 7.22. The maximum atomic E-state index is 3.98. The van der Waals surface area contributed by atoms with Crippen molar-refractivity contribution in [1.29, 1.82) is 0 Å². The first-order valence-electron chi connectivity index (χ1n) is 7.77. The molecule has 0 aliphatic carbocycles. The quantitative estimate of drug-likeness (QED) is 0.520. The molecule has 2 heteroatoms. The summed E-state index contributed by atoms with van der Waals surface area (Å²) in [6.45, 7) is 10.4. The topological polar surface area (TPSA) is 24.1 Å². The van der Waals surface area contributed by atoms with Crippen LogP contribution in [0.25, 0.3) is 0 Å². The Kier molecular flexibility index (Phi) is 8.24. The van der Waals surface area contributed by atoms with Crippen LogP contribution >= 0.6 is 0 Å². The zero-order valence-corrected chi connectivity index (χ0v) is 13.1. The van der Waals surface area contributed by atoms with E-state index in [1.807, 2.05) is 31.2 Å². The van der Waals surface area contributed by atoms with E-state index >= 15 is 0 Å². The summed E-state index contributed by atoms with van der Waals surface area (Å²) >= 11 is 0. The molecular weight excluding hydrogens is 244 g/mol. The summed E-state index contributed by atoms with van der Waals surface area (Å²) in [6.07, 6.45) is 19.4. The molecule has 0 aromatic carbocycles. The fourth-order valence-corrected chi connectivity index (χ4v) is 2.31. The predicted molar refractivity (Wildman–Crippen MR) is 90.0 cm³/mol. The zero-order valence-electron chi connectivity index (χ0n) is 13.1. The van der Waals surface area contributed by atoms with Gasteiger partial charge in [0.25, 0.3) is 0 Å². The maximum Gasteiger partial charge on any atom is 0.0368 e. The molecular formula is C18H30N2. The van der Waals surface area contributed by atoms with Gasteiger partial charge in [0.2, 0.25) is 0 Å². The standard InChI is InChI=1S/C18H30N2/c1-4-6-7-8-9-11-14-18(3,5-2)20-16-17-13-10-12-15-19-17/h4-9,11,17,19-20H,2,10,12-16H2,1,3H3/b6-4+,8-7+,11-9+/t17-,18?/m0/s1. The molecule has 1 unspecified atom stereocenters. The second-order valence-electron chi connectivity index (χ2n) is 5.69. The summed E-state index contributed by atoms with van der Waals surface area (Å²) in [6, 6.07) is 0.613. The molecule has 0 amide bonds. The maximum absolute atomic E-state index is 3.98. The largest absolute Gasteiger partial charge is 0.313 e. The molecule has 2 atom stereocenters.